The summed E-state index contributed by atoms with van der Waals surface area (Å²) in [5.74, 6) is 0.826. The van der Waals surface area contributed by atoms with Gasteiger partial charge in [-0.15, -0.1) is 11.8 Å². The summed E-state index contributed by atoms with van der Waals surface area (Å²) in [6.07, 6.45) is 11.8. The average Bonchev–Trinajstić information content (AvgIpc) is 2.57. The summed E-state index contributed by atoms with van der Waals surface area (Å²) >= 11 is 1.69. The lowest BCUT2D eigenvalue weighted by Gasteiger charge is -2.19. The molecule has 3 aliphatic rings. The van der Waals surface area contributed by atoms with Gasteiger partial charge in [-0.3, -0.25) is 0 Å². The minimum absolute atomic E-state index is 0.224. The maximum Gasteiger partial charge on any atom is 0.511 e. The Morgan fingerprint density at radius 1 is 1.47 bits per heavy atom. The van der Waals surface area contributed by atoms with E-state index in [0.29, 0.717) is 11.5 Å². The Morgan fingerprint density at radius 3 is 3.21 bits per heavy atom. The van der Waals surface area contributed by atoms with Crippen molar-refractivity contribution < 1.29 is 19.4 Å². The predicted molar refractivity (Wildman–Crippen MR) is 72.3 cm³/mol. The topological polar surface area (TPSA) is 55.8 Å². The molecule has 19 heavy (non-hydrogen) atoms. The summed E-state index contributed by atoms with van der Waals surface area (Å²) in [4.78, 5) is 11.7. The number of carbonyl (C=O) groups is 1. The molecule has 0 radical (unpaired) electrons. The van der Waals surface area contributed by atoms with E-state index in [1.165, 1.54) is 0 Å². The molecule has 0 aromatic rings. The molecule has 3 rings (SSSR count). The van der Waals surface area contributed by atoms with Gasteiger partial charge in [0.05, 0.1) is 11.5 Å². The monoisotopic (exact) mass is 276 g/mol. The minimum atomic E-state index is -1.32. The maximum absolute atomic E-state index is 10.7. The Balaban J connectivity index is 1.91. The molecule has 0 spiro atoms. The number of carboxylic acid groups (broad SMARTS) is 1. The van der Waals surface area contributed by atoms with Crippen molar-refractivity contribution in [1.29, 1.82) is 0 Å². The smallest absolute Gasteiger partial charge is 0.460 e. The first-order valence-electron chi connectivity index (χ1n) is 5.97. The minimum Gasteiger partial charge on any atom is -0.460 e. The molecule has 0 aromatic carbocycles. The van der Waals surface area contributed by atoms with Gasteiger partial charge in [-0.25, -0.2) is 4.79 Å². The lowest BCUT2D eigenvalue weighted by Crippen LogP contribution is -2.08. The number of hydrogen-bond donors (Lipinski definition) is 1. The van der Waals surface area contributed by atoms with Gasteiger partial charge in [-0.05, 0) is 18.9 Å². The van der Waals surface area contributed by atoms with Gasteiger partial charge in [0.25, 0.3) is 0 Å². The van der Waals surface area contributed by atoms with E-state index in [-0.39, 0.29) is 5.25 Å². The fraction of sp³-hybridized carbons (Fsp3) is 0.214. The standard InChI is InChI=1S/C14H12O4S/c15-14(16)18-10-5-3-7-12-13(10)17-8-9-4-1-2-6-11(9)19-12/h1-2,4-6,8,11H,3,7H2,(H,15,16). The lowest BCUT2D eigenvalue weighted by molar-refractivity contribution is 0.113. The molecule has 0 amide bonds. The van der Waals surface area contributed by atoms with Crippen molar-refractivity contribution in [1.82, 2.24) is 0 Å². The fourth-order valence-electron chi connectivity index (χ4n) is 2.13. The zero-order chi connectivity index (χ0) is 13.2. The summed E-state index contributed by atoms with van der Waals surface area (Å²) in [7, 11) is 0. The van der Waals surface area contributed by atoms with Crippen molar-refractivity contribution in [3.8, 4) is 0 Å². The fourth-order valence-corrected chi connectivity index (χ4v) is 3.37. The second-order valence-corrected chi connectivity index (χ2v) is 5.48. The van der Waals surface area contributed by atoms with E-state index >= 15 is 0 Å². The highest BCUT2D eigenvalue weighted by atomic mass is 32.2. The number of fused-ring (bicyclic) bond motifs is 1. The van der Waals surface area contributed by atoms with E-state index in [1.54, 1.807) is 24.1 Å². The zero-order valence-corrected chi connectivity index (χ0v) is 10.9. The van der Waals surface area contributed by atoms with Crippen molar-refractivity contribution in [3.05, 3.63) is 58.6 Å². The van der Waals surface area contributed by atoms with Crippen molar-refractivity contribution in [2.75, 3.05) is 0 Å². The van der Waals surface area contributed by atoms with Crippen molar-refractivity contribution >= 4 is 17.9 Å². The van der Waals surface area contributed by atoms with Gasteiger partial charge in [0.1, 0.15) is 0 Å². The van der Waals surface area contributed by atoms with E-state index < -0.39 is 6.16 Å². The Hall–Kier alpha value is -1.88. The highest BCUT2D eigenvalue weighted by Gasteiger charge is 2.27. The molecule has 0 aromatic heterocycles. The third-order valence-electron chi connectivity index (χ3n) is 2.97. The average molecular weight is 276 g/mol. The van der Waals surface area contributed by atoms with Crippen LogP contribution < -0.4 is 0 Å². The van der Waals surface area contributed by atoms with Gasteiger partial charge < -0.3 is 14.6 Å². The number of ether oxygens (including phenoxy) is 2. The number of allylic oxidation sites excluding steroid dienone is 5. The SMILES string of the molecule is O=C(O)OC1=CCCC2=C1OC=C1C=CC=CC1S2. The maximum atomic E-state index is 10.7. The molecule has 2 aliphatic carbocycles. The van der Waals surface area contributed by atoms with Crippen LogP contribution in [0.15, 0.2) is 58.6 Å². The van der Waals surface area contributed by atoms with Crippen LogP contribution in [0.2, 0.25) is 0 Å². The van der Waals surface area contributed by atoms with Crippen LogP contribution in [0.25, 0.3) is 0 Å². The molecule has 0 fully saturated rings. The van der Waals surface area contributed by atoms with Gasteiger partial charge >= 0.3 is 6.16 Å². The van der Waals surface area contributed by atoms with Crippen LogP contribution >= 0.6 is 11.8 Å². The first-order chi connectivity index (χ1) is 9.24. The summed E-state index contributed by atoms with van der Waals surface area (Å²) in [6.45, 7) is 0. The van der Waals surface area contributed by atoms with Gasteiger partial charge in [-0.2, -0.15) is 0 Å². The molecule has 0 saturated heterocycles. The molecule has 0 saturated carbocycles. The van der Waals surface area contributed by atoms with E-state index in [9.17, 15) is 4.79 Å². The number of hydrogen-bond acceptors (Lipinski definition) is 4. The molecule has 1 unspecified atom stereocenters. The molecule has 1 aliphatic heterocycles. The van der Waals surface area contributed by atoms with Crippen LogP contribution in [-0.2, 0) is 9.47 Å². The largest absolute Gasteiger partial charge is 0.511 e. The summed E-state index contributed by atoms with van der Waals surface area (Å²) < 4.78 is 10.4. The molecular weight excluding hydrogens is 264 g/mol. The van der Waals surface area contributed by atoms with Crippen LogP contribution in [0.1, 0.15) is 12.8 Å². The molecule has 5 heteroatoms. The first-order valence-corrected chi connectivity index (χ1v) is 6.85. The van der Waals surface area contributed by atoms with E-state index in [1.807, 2.05) is 18.2 Å². The number of thioether (sulfide) groups is 1. The second-order valence-electron chi connectivity index (χ2n) is 4.25. The highest BCUT2D eigenvalue weighted by molar-refractivity contribution is 8.04. The molecule has 1 atom stereocenters. The third kappa shape index (κ3) is 2.46. The molecule has 4 nitrogen and oxygen atoms in total. The summed E-state index contributed by atoms with van der Waals surface area (Å²) in [5, 5.41) is 8.97. The van der Waals surface area contributed by atoms with E-state index in [2.05, 4.69) is 6.08 Å². The molecule has 1 heterocycles. The lowest BCUT2D eigenvalue weighted by atomic mass is 10.1. The van der Waals surface area contributed by atoms with E-state index in [4.69, 9.17) is 14.6 Å². The molecular formula is C14H12O4S. The third-order valence-corrected chi connectivity index (χ3v) is 4.33. The Bertz CT molecular complexity index is 566. The van der Waals surface area contributed by atoms with Crippen LogP contribution in [-0.4, -0.2) is 16.5 Å². The Labute approximate surface area is 114 Å². The molecule has 98 valence electrons. The first kappa shape index (κ1) is 12.2. The highest BCUT2D eigenvalue weighted by Crippen LogP contribution is 2.42. The van der Waals surface area contributed by atoms with Gasteiger partial charge in [0.2, 0.25) is 0 Å². The van der Waals surface area contributed by atoms with Crippen LogP contribution in [0.3, 0.4) is 0 Å². The molecule has 0 bridgehead atoms. The normalized spacial score (nSPS) is 24.5. The molecule has 1 N–H and O–H groups in total. The van der Waals surface area contributed by atoms with E-state index in [0.717, 1.165) is 23.3 Å². The van der Waals surface area contributed by atoms with Gasteiger partial charge in [0.15, 0.2) is 11.5 Å². The zero-order valence-electron chi connectivity index (χ0n) is 10.0. The number of rotatable bonds is 1. The summed E-state index contributed by atoms with van der Waals surface area (Å²) in [6, 6.07) is 0. The Kier molecular flexibility index (Phi) is 3.21. The van der Waals surface area contributed by atoms with Crippen molar-refractivity contribution in [2.45, 2.75) is 18.1 Å². The Morgan fingerprint density at radius 2 is 2.37 bits per heavy atom. The van der Waals surface area contributed by atoms with Gasteiger partial charge in [-0.1, -0.05) is 24.3 Å². The second kappa shape index (κ2) is 5.01. The summed E-state index contributed by atoms with van der Waals surface area (Å²) in [5.41, 5.74) is 1.07. The predicted octanol–water partition coefficient (Wildman–Crippen LogP) is 3.71. The van der Waals surface area contributed by atoms with Crippen LogP contribution in [0.5, 0.6) is 0 Å². The van der Waals surface area contributed by atoms with Crippen LogP contribution in [0, 0.1) is 0 Å². The van der Waals surface area contributed by atoms with Gasteiger partial charge in [0, 0.05) is 10.5 Å². The van der Waals surface area contributed by atoms with Crippen molar-refractivity contribution in [3.63, 3.8) is 0 Å². The quantitative estimate of drug-likeness (QED) is 0.740. The van der Waals surface area contributed by atoms with Crippen LogP contribution in [0.4, 0.5) is 4.79 Å². The van der Waals surface area contributed by atoms with Crippen molar-refractivity contribution in [2.24, 2.45) is 0 Å².